The number of ether oxygens (including phenoxy) is 1. The lowest BCUT2D eigenvalue weighted by Gasteiger charge is -2.25. The molecule has 0 saturated carbocycles. The molecule has 1 saturated heterocycles. The van der Waals surface area contributed by atoms with Gasteiger partial charge in [0.2, 0.25) is 0 Å². The summed E-state index contributed by atoms with van der Waals surface area (Å²) in [6, 6.07) is 3.36. The summed E-state index contributed by atoms with van der Waals surface area (Å²) in [6.07, 6.45) is 5.28. The highest BCUT2D eigenvalue weighted by Crippen LogP contribution is 2.33. The van der Waals surface area contributed by atoms with Crippen molar-refractivity contribution in [3.63, 3.8) is 0 Å². The van der Waals surface area contributed by atoms with Crippen LogP contribution >= 0.6 is 0 Å². The SMILES string of the molecule is Fc1ccc(OC2CCNCC2)c2c1CCC2. The van der Waals surface area contributed by atoms with Gasteiger partial charge in [-0.1, -0.05) is 0 Å². The largest absolute Gasteiger partial charge is 0.490 e. The van der Waals surface area contributed by atoms with E-state index in [0.29, 0.717) is 6.10 Å². The van der Waals surface area contributed by atoms with E-state index in [2.05, 4.69) is 5.32 Å². The van der Waals surface area contributed by atoms with Crippen LogP contribution in [0.4, 0.5) is 4.39 Å². The lowest BCUT2D eigenvalue weighted by Crippen LogP contribution is -2.34. The summed E-state index contributed by atoms with van der Waals surface area (Å²) in [5, 5.41) is 3.32. The summed E-state index contributed by atoms with van der Waals surface area (Å²) in [7, 11) is 0. The molecule has 1 aromatic carbocycles. The zero-order valence-corrected chi connectivity index (χ0v) is 9.97. The Labute approximate surface area is 101 Å². The van der Waals surface area contributed by atoms with Crippen molar-refractivity contribution in [2.24, 2.45) is 0 Å². The van der Waals surface area contributed by atoms with E-state index in [1.165, 1.54) is 0 Å². The fourth-order valence-corrected chi connectivity index (χ4v) is 2.83. The van der Waals surface area contributed by atoms with E-state index in [4.69, 9.17) is 4.74 Å². The average molecular weight is 235 g/mol. The molecule has 1 fully saturated rings. The Hall–Kier alpha value is -1.09. The van der Waals surface area contributed by atoms with Crippen LogP contribution in [0.3, 0.4) is 0 Å². The van der Waals surface area contributed by atoms with Crippen molar-refractivity contribution in [3.8, 4) is 5.75 Å². The van der Waals surface area contributed by atoms with Gasteiger partial charge in [-0.05, 0) is 62.9 Å². The van der Waals surface area contributed by atoms with Gasteiger partial charge in [0.15, 0.2) is 0 Å². The number of nitrogens with one attached hydrogen (secondary N) is 1. The third kappa shape index (κ3) is 2.16. The molecule has 1 aliphatic carbocycles. The van der Waals surface area contributed by atoms with Gasteiger partial charge in [0, 0.05) is 5.56 Å². The first kappa shape index (κ1) is 11.0. The van der Waals surface area contributed by atoms with Crippen molar-refractivity contribution in [1.29, 1.82) is 0 Å². The van der Waals surface area contributed by atoms with Crippen molar-refractivity contribution >= 4 is 0 Å². The van der Waals surface area contributed by atoms with Crippen molar-refractivity contribution in [2.45, 2.75) is 38.2 Å². The Morgan fingerprint density at radius 1 is 1.12 bits per heavy atom. The molecule has 92 valence electrons. The second-order valence-electron chi connectivity index (χ2n) is 4.92. The van der Waals surface area contributed by atoms with E-state index in [0.717, 1.165) is 62.1 Å². The number of rotatable bonds is 2. The average Bonchev–Trinajstić information content (AvgIpc) is 2.84. The van der Waals surface area contributed by atoms with E-state index in [-0.39, 0.29) is 5.82 Å². The molecule has 0 aromatic heterocycles. The number of hydrogen-bond acceptors (Lipinski definition) is 2. The fourth-order valence-electron chi connectivity index (χ4n) is 2.83. The minimum absolute atomic E-state index is 0.0600. The lowest BCUT2D eigenvalue weighted by atomic mass is 10.1. The van der Waals surface area contributed by atoms with Crippen LogP contribution < -0.4 is 10.1 Å². The Bertz CT molecular complexity index is 413. The van der Waals surface area contributed by atoms with Crippen LogP contribution in [0.5, 0.6) is 5.75 Å². The van der Waals surface area contributed by atoms with Crippen LogP contribution in [-0.4, -0.2) is 19.2 Å². The van der Waals surface area contributed by atoms with Crippen LogP contribution in [0.2, 0.25) is 0 Å². The Balaban J connectivity index is 1.81. The first-order chi connectivity index (χ1) is 8.34. The number of piperidine rings is 1. The molecular formula is C14H18FNO. The molecule has 1 aromatic rings. The highest BCUT2D eigenvalue weighted by atomic mass is 19.1. The van der Waals surface area contributed by atoms with E-state index in [1.807, 2.05) is 6.07 Å². The molecule has 17 heavy (non-hydrogen) atoms. The van der Waals surface area contributed by atoms with E-state index in [9.17, 15) is 4.39 Å². The minimum atomic E-state index is -0.0600. The molecule has 1 heterocycles. The third-order valence-corrected chi connectivity index (χ3v) is 3.76. The Morgan fingerprint density at radius 3 is 2.71 bits per heavy atom. The highest BCUT2D eigenvalue weighted by Gasteiger charge is 2.22. The van der Waals surface area contributed by atoms with Gasteiger partial charge in [-0.2, -0.15) is 0 Å². The molecule has 1 N–H and O–H groups in total. The van der Waals surface area contributed by atoms with Crippen LogP contribution in [0.1, 0.15) is 30.4 Å². The summed E-state index contributed by atoms with van der Waals surface area (Å²) in [5.74, 6) is 0.862. The minimum Gasteiger partial charge on any atom is -0.490 e. The van der Waals surface area contributed by atoms with Gasteiger partial charge in [-0.25, -0.2) is 4.39 Å². The molecule has 0 atom stereocenters. The second kappa shape index (κ2) is 4.65. The van der Waals surface area contributed by atoms with E-state index >= 15 is 0 Å². The van der Waals surface area contributed by atoms with Crippen LogP contribution in [0.15, 0.2) is 12.1 Å². The zero-order chi connectivity index (χ0) is 11.7. The fraction of sp³-hybridized carbons (Fsp3) is 0.571. The summed E-state index contributed by atoms with van der Waals surface area (Å²) < 4.78 is 19.6. The maximum Gasteiger partial charge on any atom is 0.126 e. The number of benzene rings is 1. The molecule has 2 nitrogen and oxygen atoms in total. The van der Waals surface area contributed by atoms with E-state index < -0.39 is 0 Å². The van der Waals surface area contributed by atoms with Crippen molar-refractivity contribution in [3.05, 3.63) is 29.1 Å². The molecule has 3 heteroatoms. The first-order valence-electron chi connectivity index (χ1n) is 6.52. The first-order valence-corrected chi connectivity index (χ1v) is 6.52. The summed E-state index contributed by atoms with van der Waals surface area (Å²) in [6.45, 7) is 2.04. The predicted molar refractivity (Wildman–Crippen MR) is 64.9 cm³/mol. The van der Waals surface area contributed by atoms with Crippen molar-refractivity contribution in [2.75, 3.05) is 13.1 Å². The van der Waals surface area contributed by atoms with Gasteiger partial charge in [-0.15, -0.1) is 0 Å². The molecule has 2 aliphatic rings. The van der Waals surface area contributed by atoms with Crippen molar-refractivity contribution in [1.82, 2.24) is 5.32 Å². The number of fused-ring (bicyclic) bond motifs is 1. The second-order valence-corrected chi connectivity index (χ2v) is 4.92. The normalized spacial score (nSPS) is 20.3. The molecule has 3 rings (SSSR count). The van der Waals surface area contributed by atoms with E-state index in [1.54, 1.807) is 6.07 Å². The number of hydrogen-bond donors (Lipinski definition) is 1. The molecule has 0 unspecified atom stereocenters. The topological polar surface area (TPSA) is 21.3 Å². The predicted octanol–water partition coefficient (Wildman–Crippen LogP) is 2.45. The third-order valence-electron chi connectivity index (χ3n) is 3.76. The van der Waals surface area contributed by atoms with Crippen LogP contribution in [0, 0.1) is 5.82 Å². The van der Waals surface area contributed by atoms with Crippen molar-refractivity contribution < 1.29 is 9.13 Å². The molecule has 0 amide bonds. The zero-order valence-electron chi connectivity index (χ0n) is 9.97. The van der Waals surface area contributed by atoms with Gasteiger partial charge in [0.1, 0.15) is 17.7 Å². The molecule has 0 bridgehead atoms. The van der Waals surface area contributed by atoms with Gasteiger partial charge in [0.25, 0.3) is 0 Å². The van der Waals surface area contributed by atoms with Crippen LogP contribution in [0.25, 0.3) is 0 Å². The molecule has 1 aliphatic heterocycles. The van der Waals surface area contributed by atoms with Gasteiger partial charge in [-0.3, -0.25) is 0 Å². The highest BCUT2D eigenvalue weighted by molar-refractivity contribution is 5.44. The summed E-state index contributed by atoms with van der Waals surface area (Å²) >= 11 is 0. The lowest BCUT2D eigenvalue weighted by molar-refractivity contribution is 0.161. The van der Waals surface area contributed by atoms with Gasteiger partial charge < -0.3 is 10.1 Å². The van der Waals surface area contributed by atoms with Gasteiger partial charge in [0.05, 0.1) is 0 Å². The molecule has 0 radical (unpaired) electrons. The summed E-state index contributed by atoms with van der Waals surface area (Å²) in [4.78, 5) is 0. The Morgan fingerprint density at radius 2 is 1.88 bits per heavy atom. The van der Waals surface area contributed by atoms with Gasteiger partial charge >= 0.3 is 0 Å². The smallest absolute Gasteiger partial charge is 0.126 e. The number of halogens is 1. The molecular weight excluding hydrogens is 217 g/mol. The maximum absolute atomic E-state index is 13.6. The Kier molecular flexibility index (Phi) is 3.02. The monoisotopic (exact) mass is 235 g/mol. The maximum atomic E-state index is 13.6. The molecule has 0 spiro atoms. The quantitative estimate of drug-likeness (QED) is 0.850. The summed E-state index contributed by atoms with van der Waals surface area (Å²) in [5.41, 5.74) is 2.00. The standard InChI is InChI=1S/C14H18FNO/c15-13-4-5-14(12-3-1-2-11(12)13)17-10-6-8-16-9-7-10/h4-5,10,16H,1-3,6-9H2. The van der Waals surface area contributed by atoms with Crippen LogP contribution in [-0.2, 0) is 12.8 Å².